The molecule has 1 aliphatic rings. The summed E-state index contributed by atoms with van der Waals surface area (Å²) in [4.78, 5) is 33.9. The number of hydrogen-bond donors (Lipinski definition) is 4. The largest absolute Gasteiger partial charge is 0.382 e. The van der Waals surface area contributed by atoms with Crippen molar-refractivity contribution in [2.75, 3.05) is 21.7 Å². The quantitative estimate of drug-likeness (QED) is 0.365. The summed E-state index contributed by atoms with van der Waals surface area (Å²) in [5, 5.41) is 8.41. The van der Waals surface area contributed by atoms with Gasteiger partial charge in [0.15, 0.2) is 5.69 Å². The lowest BCUT2D eigenvalue weighted by Crippen LogP contribution is -2.19. The number of fused-ring (bicyclic) bond motifs is 1. The van der Waals surface area contributed by atoms with Crippen molar-refractivity contribution in [3.63, 3.8) is 0 Å². The number of nitrogen functional groups attached to an aromatic ring is 1. The van der Waals surface area contributed by atoms with Crippen molar-refractivity contribution in [2.24, 2.45) is 0 Å². The Labute approximate surface area is 190 Å². The SMILES string of the molecule is Cc1cccc(NC(=O)Nc2ccc(NC(=O)c3nc(C4CC4)n4ccnc(N)c34)cc2)c1. The first-order chi connectivity index (χ1) is 16.0. The molecule has 0 radical (unpaired) electrons. The van der Waals surface area contributed by atoms with Gasteiger partial charge in [0, 0.05) is 35.4 Å². The summed E-state index contributed by atoms with van der Waals surface area (Å²) in [6.45, 7) is 1.96. The number of amides is 3. The number of nitrogens with one attached hydrogen (secondary N) is 3. The van der Waals surface area contributed by atoms with Gasteiger partial charge in [0.05, 0.1) is 0 Å². The van der Waals surface area contributed by atoms with Crippen molar-refractivity contribution in [1.82, 2.24) is 14.4 Å². The number of carbonyl (C=O) groups is 2. The van der Waals surface area contributed by atoms with Crippen LogP contribution in [0.2, 0.25) is 0 Å². The van der Waals surface area contributed by atoms with E-state index in [1.54, 1.807) is 36.7 Å². The number of nitrogens with zero attached hydrogens (tertiary/aromatic N) is 3. The Hall–Kier alpha value is -4.40. The number of imidazole rings is 1. The normalized spacial score (nSPS) is 13.0. The second-order valence-electron chi connectivity index (χ2n) is 8.10. The van der Waals surface area contributed by atoms with Gasteiger partial charge in [-0.3, -0.25) is 9.20 Å². The molecule has 0 saturated heterocycles. The van der Waals surface area contributed by atoms with Crippen LogP contribution >= 0.6 is 0 Å². The highest BCUT2D eigenvalue weighted by Gasteiger charge is 2.31. The lowest BCUT2D eigenvalue weighted by Gasteiger charge is -2.09. The molecule has 2 aromatic heterocycles. The minimum atomic E-state index is -0.364. The first-order valence-corrected chi connectivity index (χ1v) is 10.7. The third kappa shape index (κ3) is 4.33. The Kier molecular flexibility index (Phi) is 5.14. The number of aryl methyl sites for hydroxylation is 1. The maximum absolute atomic E-state index is 13.0. The van der Waals surface area contributed by atoms with E-state index >= 15 is 0 Å². The molecule has 3 amide bonds. The van der Waals surface area contributed by atoms with E-state index < -0.39 is 0 Å². The summed E-state index contributed by atoms with van der Waals surface area (Å²) in [6.07, 6.45) is 5.49. The molecule has 0 bridgehead atoms. The molecule has 0 aliphatic heterocycles. The van der Waals surface area contributed by atoms with Crippen LogP contribution < -0.4 is 21.7 Å². The molecule has 166 valence electrons. The van der Waals surface area contributed by atoms with Crippen molar-refractivity contribution < 1.29 is 9.59 Å². The molecule has 33 heavy (non-hydrogen) atoms. The minimum absolute atomic E-state index is 0.252. The van der Waals surface area contributed by atoms with E-state index in [0.717, 1.165) is 24.2 Å². The smallest absolute Gasteiger partial charge is 0.323 e. The number of anilines is 4. The summed E-state index contributed by atoms with van der Waals surface area (Å²) in [5.74, 6) is 1.08. The van der Waals surface area contributed by atoms with Crippen molar-refractivity contribution in [2.45, 2.75) is 25.7 Å². The fraction of sp³-hybridized carbons (Fsp3) is 0.167. The molecule has 0 spiro atoms. The monoisotopic (exact) mass is 441 g/mol. The molecule has 1 fully saturated rings. The average Bonchev–Trinajstić information content (AvgIpc) is 3.55. The van der Waals surface area contributed by atoms with Crippen molar-refractivity contribution >= 4 is 40.3 Å². The topological polar surface area (TPSA) is 126 Å². The Bertz CT molecular complexity index is 1360. The van der Waals surface area contributed by atoms with Crippen LogP contribution in [0.3, 0.4) is 0 Å². The molecule has 1 aliphatic carbocycles. The standard InChI is InChI=1S/C24H23N7O2/c1-14-3-2-4-18(13-14)29-24(33)28-17-9-7-16(8-10-17)27-23(32)19-20-21(25)26-11-12-31(20)22(30-19)15-5-6-15/h2-4,7-13,15H,5-6H2,1H3,(H2,25,26)(H,27,32)(H2,28,29,33). The Morgan fingerprint density at radius 2 is 1.70 bits per heavy atom. The van der Waals surface area contributed by atoms with Crippen LogP contribution in [-0.4, -0.2) is 26.3 Å². The Balaban J connectivity index is 1.28. The van der Waals surface area contributed by atoms with E-state index in [2.05, 4.69) is 25.9 Å². The minimum Gasteiger partial charge on any atom is -0.382 e. The van der Waals surface area contributed by atoms with Gasteiger partial charge in [0.2, 0.25) is 0 Å². The van der Waals surface area contributed by atoms with E-state index in [9.17, 15) is 9.59 Å². The molecule has 1 saturated carbocycles. The molecule has 9 heteroatoms. The fourth-order valence-electron chi connectivity index (χ4n) is 3.72. The number of aromatic nitrogens is 3. The van der Waals surface area contributed by atoms with Crippen LogP contribution in [0, 0.1) is 6.92 Å². The maximum Gasteiger partial charge on any atom is 0.323 e. The highest BCUT2D eigenvalue weighted by Crippen LogP contribution is 2.40. The molecule has 2 aromatic carbocycles. The van der Waals surface area contributed by atoms with E-state index in [1.807, 2.05) is 35.6 Å². The van der Waals surface area contributed by atoms with Gasteiger partial charge in [-0.15, -0.1) is 0 Å². The zero-order chi connectivity index (χ0) is 22.9. The Morgan fingerprint density at radius 1 is 1.00 bits per heavy atom. The Morgan fingerprint density at radius 3 is 2.39 bits per heavy atom. The number of rotatable bonds is 5. The van der Waals surface area contributed by atoms with Gasteiger partial charge < -0.3 is 21.7 Å². The van der Waals surface area contributed by atoms with E-state index in [1.165, 1.54) is 0 Å². The number of hydrogen-bond acceptors (Lipinski definition) is 5. The highest BCUT2D eigenvalue weighted by molar-refractivity contribution is 6.09. The van der Waals surface area contributed by atoms with Crippen LogP contribution in [0.4, 0.5) is 27.7 Å². The van der Waals surface area contributed by atoms with Gasteiger partial charge in [0.25, 0.3) is 5.91 Å². The van der Waals surface area contributed by atoms with Crippen LogP contribution in [0.15, 0.2) is 60.9 Å². The predicted octanol–water partition coefficient (Wildman–Crippen LogP) is 4.39. The van der Waals surface area contributed by atoms with Crippen LogP contribution in [-0.2, 0) is 0 Å². The number of urea groups is 1. The van der Waals surface area contributed by atoms with Gasteiger partial charge in [-0.1, -0.05) is 12.1 Å². The molecule has 0 unspecified atom stereocenters. The molecule has 5 rings (SSSR count). The van der Waals surface area contributed by atoms with Gasteiger partial charge >= 0.3 is 6.03 Å². The lowest BCUT2D eigenvalue weighted by atomic mass is 10.2. The number of carbonyl (C=O) groups excluding carboxylic acids is 2. The third-order valence-electron chi connectivity index (χ3n) is 5.44. The summed E-state index contributed by atoms with van der Waals surface area (Å²) >= 11 is 0. The van der Waals surface area contributed by atoms with Gasteiger partial charge in [-0.25, -0.2) is 14.8 Å². The van der Waals surface area contributed by atoms with E-state index in [4.69, 9.17) is 5.73 Å². The van der Waals surface area contributed by atoms with Gasteiger partial charge in [0.1, 0.15) is 17.2 Å². The second kappa shape index (κ2) is 8.27. The summed E-state index contributed by atoms with van der Waals surface area (Å²) in [5.41, 5.74) is 9.75. The summed E-state index contributed by atoms with van der Waals surface area (Å²) < 4.78 is 1.86. The average molecular weight is 441 g/mol. The van der Waals surface area contributed by atoms with Crippen LogP contribution in [0.25, 0.3) is 5.52 Å². The van der Waals surface area contributed by atoms with Crippen molar-refractivity contribution in [3.05, 3.63) is 78.0 Å². The molecule has 4 aromatic rings. The molecule has 2 heterocycles. The molecule has 5 N–H and O–H groups in total. The molecular formula is C24H23N7O2. The zero-order valence-electron chi connectivity index (χ0n) is 18.0. The van der Waals surface area contributed by atoms with Crippen molar-refractivity contribution in [3.8, 4) is 0 Å². The third-order valence-corrected chi connectivity index (χ3v) is 5.44. The summed E-state index contributed by atoms with van der Waals surface area (Å²) in [6, 6.07) is 14.0. The molecule has 9 nitrogen and oxygen atoms in total. The fourth-order valence-corrected chi connectivity index (χ4v) is 3.72. The lowest BCUT2D eigenvalue weighted by molar-refractivity contribution is 0.102. The maximum atomic E-state index is 13.0. The second-order valence-corrected chi connectivity index (χ2v) is 8.10. The van der Waals surface area contributed by atoms with Crippen LogP contribution in [0.1, 0.15) is 40.6 Å². The first-order valence-electron chi connectivity index (χ1n) is 10.7. The van der Waals surface area contributed by atoms with Crippen LogP contribution in [0.5, 0.6) is 0 Å². The molecule has 0 atom stereocenters. The number of benzene rings is 2. The van der Waals surface area contributed by atoms with E-state index in [0.29, 0.717) is 28.5 Å². The number of nitrogens with two attached hydrogens (primary N) is 1. The zero-order valence-corrected chi connectivity index (χ0v) is 18.0. The van der Waals surface area contributed by atoms with Gasteiger partial charge in [-0.2, -0.15) is 0 Å². The van der Waals surface area contributed by atoms with Crippen molar-refractivity contribution in [1.29, 1.82) is 0 Å². The van der Waals surface area contributed by atoms with E-state index in [-0.39, 0.29) is 23.5 Å². The molecular weight excluding hydrogens is 418 g/mol. The predicted molar refractivity (Wildman–Crippen MR) is 128 cm³/mol. The van der Waals surface area contributed by atoms with Gasteiger partial charge in [-0.05, 0) is 61.7 Å². The summed E-state index contributed by atoms with van der Waals surface area (Å²) in [7, 11) is 0. The highest BCUT2D eigenvalue weighted by atomic mass is 16.2. The first kappa shape index (κ1) is 20.5.